The van der Waals surface area contributed by atoms with E-state index in [1.807, 2.05) is 17.3 Å². The summed E-state index contributed by atoms with van der Waals surface area (Å²) in [7, 11) is 0. The fourth-order valence-electron chi connectivity index (χ4n) is 4.51. The van der Waals surface area contributed by atoms with E-state index in [2.05, 4.69) is 22.0 Å². The van der Waals surface area contributed by atoms with Crippen molar-refractivity contribution >= 4 is 5.91 Å². The number of piperidine rings is 1. The highest BCUT2D eigenvalue weighted by Gasteiger charge is 2.42. The van der Waals surface area contributed by atoms with Gasteiger partial charge in [0.15, 0.2) is 0 Å². The summed E-state index contributed by atoms with van der Waals surface area (Å²) >= 11 is 0. The van der Waals surface area contributed by atoms with E-state index in [1.165, 1.54) is 5.56 Å². The summed E-state index contributed by atoms with van der Waals surface area (Å²) in [6, 6.07) is 4.15. The molecule has 0 atom stereocenters. The lowest BCUT2D eigenvalue weighted by molar-refractivity contribution is -0.145. The highest BCUT2D eigenvalue weighted by molar-refractivity contribution is 5.80. The van der Waals surface area contributed by atoms with Gasteiger partial charge in [-0.05, 0) is 43.4 Å². The van der Waals surface area contributed by atoms with Gasteiger partial charge < -0.3 is 14.7 Å². The highest BCUT2D eigenvalue weighted by Crippen LogP contribution is 2.37. The van der Waals surface area contributed by atoms with E-state index in [4.69, 9.17) is 4.74 Å². The molecule has 0 bridgehead atoms. The summed E-state index contributed by atoms with van der Waals surface area (Å²) in [5.41, 5.74) is 1.44. The van der Waals surface area contributed by atoms with Crippen LogP contribution in [0, 0.1) is 11.3 Å². The normalized spacial score (nSPS) is 29.2. The van der Waals surface area contributed by atoms with Crippen molar-refractivity contribution in [3.8, 4) is 0 Å². The molecule has 3 aliphatic rings. The van der Waals surface area contributed by atoms with Crippen LogP contribution >= 0.6 is 0 Å². The maximum atomic E-state index is 12.5. The second kappa shape index (κ2) is 7.62. The Balaban J connectivity index is 1.35. The topological polar surface area (TPSA) is 65.9 Å². The average molecular weight is 359 g/mol. The molecule has 0 radical (unpaired) electrons. The standard InChI is InChI=1S/C20H29N3O3/c24-18-11-17(12-18)19(25)23-7-3-20(4-8-23)14-22(9-10-26-15-20)13-16-1-5-21-6-2-16/h1-2,5-6,17-18,24H,3-4,7-15H2. The lowest BCUT2D eigenvalue weighted by atomic mass is 9.77. The number of rotatable bonds is 3. The number of hydrogen-bond donors (Lipinski definition) is 1. The van der Waals surface area contributed by atoms with Gasteiger partial charge in [0.2, 0.25) is 5.91 Å². The molecule has 3 heterocycles. The first kappa shape index (κ1) is 17.9. The molecule has 142 valence electrons. The number of carbonyl (C=O) groups excluding carboxylic acids is 1. The van der Waals surface area contributed by atoms with Crippen molar-refractivity contribution in [3.63, 3.8) is 0 Å². The van der Waals surface area contributed by atoms with Crippen molar-refractivity contribution in [1.82, 2.24) is 14.8 Å². The van der Waals surface area contributed by atoms with Crippen LogP contribution in [0.4, 0.5) is 0 Å². The molecule has 6 heteroatoms. The number of aliphatic hydroxyl groups is 1. The Morgan fingerprint density at radius 1 is 1.23 bits per heavy atom. The third-order valence-corrected chi connectivity index (χ3v) is 6.27. The predicted molar refractivity (Wildman–Crippen MR) is 97.3 cm³/mol. The van der Waals surface area contributed by atoms with E-state index < -0.39 is 0 Å². The van der Waals surface area contributed by atoms with Gasteiger partial charge in [-0.1, -0.05) is 0 Å². The predicted octanol–water partition coefficient (Wildman–Crippen LogP) is 1.29. The van der Waals surface area contributed by atoms with Crippen LogP contribution in [0.5, 0.6) is 0 Å². The largest absolute Gasteiger partial charge is 0.393 e. The van der Waals surface area contributed by atoms with Crippen LogP contribution in [0.15, 0.2) is 24.5 Å². The molecule has 0 unspecified atom stereocenters. The third kappa shape index (κ3) is 3.92. The van der Waals surface area contributed by atoms with Crippen LogP contribution < -0.4 is 0 Å². The molecule has 4 rings (SSSR count). The second-order valence-electron chi connectivity index (χ2n) is 8.27. The van der Waals surface area contributed by atoms with Crippen molar-refractivity contribution in [2.24, 2.45) is 11.3 Å². The van der Waals surface area contributed by atoms with E-state index >= 15 is 0 Å². The smallest absolute Gasteiger partial charge is 0.225 e. The quantitative estimate of drug-likeness (QED) is 0.881. The van der Waals surface area contributed by atoms with Crippen molar-refractivity contribution < 1.29 is 14.6 Å². The van der Waals surface area contributed by atoms with Crippen LogP contribution in [0.25, 0.3) is 0 Å². The lowest BCUT2D eigenvalue weighted by Gasteiger charge is -2.44. The summed E-state index contributed by atoms with van der Waals surface area (Å²) in [6.45, 7) is 6.11. The molecule has 2 aliphatic heterocycles. The Morgan fingerprint density at radius 3 is 2.65 bits per heavy atom. The van der Waals surface area contributed by atoms with Gasteiger partial charge >= 0.3 is 0 Å². The number of aliphatic hydroxyl groups excluding tert-OH is 1. The van der Waals surface area contributed by atoms with Gasteiger partial charge in [0.1, 0.15) is 0 Å². The maximum absolute atomic E-state index is 12.5. The Labute approximate surface area is 155 Å². The number of carbonyl (C=O) groups is 1. The molecule has 1 spiro atoms. The lowest BCUT2D eigenvalue weighted by Crippen LogP contribution is -2.51. The summed E-state index contributed by atoms with van der Waals surface area (Å²) in [5, 5.41) is 9.45. The fraction of sp³-hybridized carbons (Fsp3) is 0.700. The Morgan fingerprint density at radius 2 is 1.96 bits per heavy atom. The second-order valence-corrected chi connectivity index (χ2v) is 8.27. The van der Waals surface area contributed by atoms with E-state index in [-0.39, 0.29) is 23.3 Å². The number of hydrogen-bond acceptors (Lipinski definition) is 5. The Kier molecular flexibility index (Phi) is 5.25. The van der Waals surface area contributed by atoms with Gasteiger partial charge in [0, 0.05) is 56.5 Å². The number of nitrogens with zero attached hydrogens (tertiary/aromatic N) is 3. The van der Waals surface area contributed by atoms with Crippen molar-refractivity contribution in [1.29, 1.82) is 0 Å². The molecule has 1 aromatic heterocycles. The number of amides is 1. The molecule has 3 fully saturated rings. The van der Waals surface area contributed by atoms with E-state index in [9.17, 15) is 9.90 Å². The number of pyridine rings is 1. The molecule has 1 aliphatic carbocycles. The van der Waals surface area contributed by atoms with E-state index in [1.54, 1.807) is 0 Å². The first-order chi connectivity index (χ1) is 12.6. The van der Waals surface area contributed by atoms with Crippen molar-refractivity contribution in [2.75, 3.05) is 39.4 Å². The number of likely N-dealkylation sites (tertiary alicyclic amines) is 1. The molecular formula is C20H29N3O3. The molecule has 2 saturated heterocycles. The summed E-state index contributed by atoms with van der Waals surface area (Å²) in [5.74, 6) is 0.293. The molecular weight excluding hydrogens is 330 g/mol. The zero-order chi connectivity index (χ0) is 18.0. The maximum Gasteiger partial charge on any atom is 0.225 e. The van der Waals surface area contributed by atoms with Gasteiger partial charge in [0.25, 0.3) is 0 Å². The summed E-state index contributed by atoms with van der Waals surface area (Å²) < 4.78 is 5.95. The van der Waals surface area contributed by atoms with Gasteiger partial charge in [-0.3, -0.25) is 14.7 Å². The van der Waals surface area contributed by atoms with Crippen LogP contribution in [-0.4, -0.2) is 71.3 Å². The minimum absolute atomic E-state index is 0.0487. The molecule has 0 aromatic carbocycles. The number of ether oxygens (including phenoxy) is 1. The van der Waals surface area contributed by atoms with Gasteiger partial charge in [-0.25, -0.2) is 0 Å². The van der Waals surface area contributed by atoms with Gasteiger partial charge in [-0.2, -0.15) is 0 Å². The molecule has 6 nitrogen and oxygen atoms in total. The Hall–Kier alpha value is -1.50. The first-order valence-corrected chi connectivity index (χ1v) is 9.79. The minimum atomic E-state index is -0.267. The van der Waals surface area contributed by atoms with Crippen LogP contribution in [0.2, 0.25) is 0 Å². The monoisotopic (exact) mass is 359 g/mol. The fourth-order valence-corrected chi connectivity index (χ4v) is 4.51. The molecule has 1 aromatic rings. The third-order valence-electron chi connectivity index (χ3n) is 6.27. The SMILES string of the molecule is O=C(C1CC(O)C1)N1CCC2(CC1)COCCN(Cc1ccncc1)C2. The average Bonchev–Trinajstić information content (AvgIpc) is 2.82. The van der Waals surface area contributed by atoms with Crippen LogP contribution in [-0.2, 0) is 16.1 Å². The van der Waals surface area contributed by atoms with Crippen LogP contribution in [0.1, 0.15) is 31.2 Å². The van der Waals surface area contributed by atoms with Crippen LogP contribution in [0.3, 0.4) is 0 Å². The molecule has 1 N–H and O–H groups in total. The molecule has 1 saturated carbocycles. The number of aromatic nitrogens is 1. The zero-order valence-corrected chi connectivity index (χ0v) is 15.3. The van der Waals surface area contributed by atoms with E-state index in [0.717, 1.165) is 58.8 Å². The Bertz CT molecular complexity index is 610. The van der Waals surface area contributed by atoms with E-state index in [0.29, 0.717) is 12.8 Å². The van der Waals surface area contributed by atoms with Gasteiger partial charge in [-0.15, -0.1) is 0 Å². The minimum Gasteiger partial charge on any atom is -0.393 e. The first-order valence-electron chi connectivity index (χ1n) is 9.79. The summed E-state index contributed by atoms with van der Waals surface area (Å²) in [4.78, 5) is 21.1. The van der Waals surface area contributed by atoms with Crippen molar-refractivity contribution in [2.45, 2.75) is 38.3 Å². The zero-order valence-electron chi connectivity index (χ0n) is 15.3. The molecule has 26 heavy (non-hydrogen) atoms. The highest BCUT2D eigenvalue weighted by atomic mass is 16.5. The van der Waals surface area contributed by atoms with Crippen molar-refractivity contribution in [3.05, 3.63) is 30.1 Å². The van der Waals surface area contributed by atoms with Gasteiger partial charge in [0.05, 0.1) is 19.3 Å². The summed E-state index contributed by atoms with van der Waals surface area (Å²) in [6.07, 6.45) is 6.72. The molecule has 1 amide bonds.